The first-order valence-electron chi connectivity index (χ1n) is 0.647. The third-order valence-corrected chi connectivity index (χ3v) is 0. The predicted octanol–water partition coefficient (Wildman–Crippen LogP) is -3.87. The van der Waals surface area contributed by atoms with Gasteiger partial charge < -0.3 is 24.1 Å². The molecule has 0 amide bonds. The van der Waals surface area contributed by atoms with Gasteiger partial charge in [-0.25, -0.2) is 0 Å². The Morgan fingerprint density at radius 3 is 1.50 bits per heavy atom. The van der Waals surface area contributed by atoms with Crippen molar-refractivity contribution in [2.24, 2.45) is 0 Å². The first-order chi connectivity index (χ1) is 1.41. The van der Waals surface area contributed by atoms with Crippen LogP contribution in [0.1, 0.15) is 7.43 Å². The summed E-state index contributed by atoms with van der Waals surface area (Å²) in [6.45, 7) is 0. The van der Waals surface area contributed by atoms with E-state index in [4.69, 9.17) is 1.41 Å². The van der Waals surface area contributed by atoms with Crippen molar-refractivity contribution in [2.45, 2.75) is 7.43 Å². The Morgan fingerprint density at radius 2 is 1.50 bits per heavy atom. The monoisotopic (exact) mass is 174 g/mol. The van der Waals surface area contributed by atoms with Crippen molar-refractivity contribution in [2.75, 3.05) is 0 Å². The van der Waals surface area contributed by atoms with E-state index in [2.05, 4.69) is 14.2 Å². The van der Waals surface area contributed by atoms with Gasteiger partial charge in [0.2, 0.25) is 0 Å². The zero-order valence-corrected chi connectivity index (χ0v) is 11.8. The minimum absolute atomic E-state index is 0. The summed E-state index contributed by atoms with van der Waals surface area (Å²) >= 11 is 0. The minimum Gasteiger partial charge on any atom is -0.614 e. The van der Waals surface area contributed by atoms with Crippen molar-refractivity contribution < 1.29 is 104 Å². The smallest absolute Gasteiger partial charge is 0.614 e. The van der Waals surface area contributed by atoms with Gasteiger partial charge in [-0.3, -0.25) is 0 Å². The van der Waals surface area contributed by atoms with E-state index in [1.165, 1.54) is 0 Å². The van der Waals surface area contributed by atoms with Crippen molar-refractivity contribution in [3.63, 3.8) is 0 Å². The van der Waals surface area contributed by atoms with Crippen LogP contribution >= 0.6 is 18.9 Å². The Balaban J connectivity index is -0.00000000333. The summed E-state index contributed by atoms with van der Waals surface area (Å²) in [4.78, 5) is 0. The van der Waals surface area contributed by atoms with Crippen LogP contribution in [0.4, 0.5) is 0 Å². The van der Waals surface area contributed by atoms with Crippen LogP contribution in [0, 0.1) is 5.15 Å². The second kappa shape index (κ2) is 37.1. The molecule has 0 spiro atoms. The molecule has 0 aliphatic rings. The molecule has 0 heterocycles. The number of hydrogen-bond donors (Lipinski definition) is 1. The van der Waals surface area contributed by atoms with Gasteiger partial charge in [0.05, 0.1) is 0 Å². The fourth-order valence-corrected chi connectivity index (χ4v) is 0. The Labute approximate surface area is 132 Å². The maximum Gasteiger partial charge on any atom is 1.00 e. The van der Waals surface area contributed by atoms with Crippen LogP contribution in [0.3, 0.4) is 0 Å². The summed E-state index contributed by atoms with van der Waals surface area (Å²) < 4.78 is 5.70. The van der Waals surface area contributed by atoms with E-state index in [-0.39, 0.29) is 120 Å². The van der Waals surface area contributed by atoms with Gasteiger partial charge >= 0.3 is 103 Å². The van der Waals surface area contributed by atoms with Crippen molar-refractivity contribution in [1.82, 2.24) is 0 Å². The summed E-state index contributed by atoms with van der Waals surface area (Å²) in [7, 11) is 3.08. The first-order valence-corrected chi connectivity index (χ1v) is 0.600. The quantitative estimate of drug-likeness (QED) is 0.287. The van der Waals surface area contributed by atoms with Gasteiger partial charge in [0, 0.05) is 0 Å². The Morgan fingerprint density at radius 1 is 1.50 bits per heavy atom. The molecule has 1 N–H and O–H groups in total. The SMILES string of the molecule is C.[2H]N=[P-].[K+].[K+].[PH2-]. The van der Waals surface area contributed by atoms with Gasteiger partial charge in [0.15, 0.2) is 0 Å². The van der Waals surface area contributed by atoms with E-state index in [0.717, 1.165) is 0 Å². The molecular weight excluding hydrogens is 166 g/mol. The van der Waals surface area contributed by atoms with Gasteiger partial charge in [-0.2, -0.15) is 0 Å². The number of hydrogen-bond acceptors (Lipinski definition) is 1. The predicted molar refractivity (Wildman–Crippen MR) is 26.1 cm³/mol. The molecule has 28 valence electrons. The molecule has 0 aromatic carbocycles. The molecule has 6 heavy (non-hydrogen) atoms. The maximum absolute atomic E-state index is 5.70. The molecule has 0 bridgehead atoms. The zero-order valence-electron chi connectivity index (χ0n) is 4.47. The van der Waals surface area contributed by atoms with Gasteiger partial charge in [-0.15, -0.1) is 0 Å². The van der Waals surface area contributed by atoms with E-state index in [9.17, 15) is 0 Å². The second-order valence-corrected chi connectivity index (χ2v) is 0. The summed E-state index contributed by atoms with van der Waals surface area (Å²) in [5.74, 6) is 0. The van der Waals surface area contributed by atoms with Gasteiger partial charge in [0.1, 0.15) is 1.41 Å². The molecule has 1 nitrogen and oxygen atoms in total. The molecular formula is CH7K2NP2. The maximum atomic E-state index is 5.70. The Bertz CT molecular complexity index is 23.2. The fourth-order valence-electron chi connectivity index (χ4n) is 0. The van der Waals surface area contributed by atoms with E-state index >= 15 is 0 Å². The molecule has 0 aliphatic heterocycles. The molecule has 0 radical (unpaired) electrons. The molecule has 0 aromatic heterocycles. The average molecular weight is 174 g/mol. The van der Waals surface area contributed by atoms with Gasteiger partial charge in [-0.05, 0) is 0 Å². The van der Waals surface area contributed by atoms with Crippen LogP contribution < -0.4 is 103 Å². The third-order valence-electron chi connectivity index (χ3n) is 0. The molecule has 0 saturated heterocycles. The zero-order chi connectivity index (χ0) is 2.71. The molecule has 0 atom stereocenters. The molecule has 0 unspecified atom stereocenters. The van der Waals surface area contributed by atoms with Crippen molar-refractivity contribution in [3.05, 3.63) is 0 Å². The largest absolute Gasteiger partial charge is 1.00 e. The molecule has 0 saturated carbocycles. The van der Waals surface area contributed by atoms with E-state index in [1.807, 2.05) is 0 Å². The molecule has 0 aliphatic carbocycles. The van der Waals surface area contributed by atoms with Crippen molar-refractivity contribution >= 4 is 18.9 Å². The first kappa shape index (κ1) is 22.6. The van der Waals surface area contributed by atoms with Gasteiger partial charge in [0.25, 0.3) is 0 Å². The summed E-state index contributed by atoms with van der Waals surface area (Å²) in [6, 6.07) is 0. The van der Waals surface area contributed by atoms with Gasteiger partial charge in [-0.1, -0.05) is 7.43 Å². The topological polar surface area (TPSA) is 23.9 Å². The van der Waals surface area contributed by atoms with Crippen LogP contribution in [0.2, 0.25) is 1.41 Å². The van der Waals surface area contributed by atoms with Crippen LogP contribution in [0.25, 0.3) is 0 Å². The van der Waals surface area contributed by atoms with E-state index < -0.39 is 0 Å². The minimum atomic E-state index is 0. The fraction of sp³-hybridized carbons (Fsp3) is 1.00. The number of nitrogens with one attached hydrogen (secondary N) is 1. The summed E-state index contributed by atoms with van der Waals surface area (Å²) in [5.41, 5.74) is 0. The standard InChI is InChI=1S/CH4.2K.HNP.H2P/c;;;1-2;/h1H4;;;1H;1H2/q;2*+1;2*-1/i/hD. The Kier molecular flexibility index (Phi) is 139. The van der Waals surface area contributed by atoms with Crippen molar-refractivity contribution in [3.8, 4) is 0 Å². The summed E-state index contributed by atoms with van der Waals surface area (Å²) in [5, 5.41) is 2.44. The van der Waals surface area contributed by atoms with E-state index in [1.54, 1.807) is 0 Å². The van der Waals surface area contributed by atoms with Crippen molar-refractivity contribution in [1.29, 1.82) is 5.15 Å². The van der Waals surface area contributed by atoms with Crippen LogP contribution in [0.15, 0.2) is 0 Å². The summed E-state index contributed by atoms with van der Waals surface area (Å²) in [6.07, 6.45) is 0. The Hall–Kier alpha value is 3.80. The molecule has 0 rings (SSSR count). The average Bonchev–Trinajstić information content (AvgIpc) is 0.918. The third kappa shape index (κ3) is 25.0. The number of rotatable bonds is 0. The molecule has 0 fully saturated rings. The van der Waals surface area contributed by atoms with E-state index in [0.29, 0.717) is 0 Å². The molecule has 5 heteroatoms. The van der Waals surface area contributed by atoms with Crippen LogP contribution in [-0.2, 0) is 0 Å². The van der Waals surface area contributed by atoms with Crippen LogP contribution in [0.5, 0.6) is 0 Å². The normalized spacial score (nSPS) is 2.33. The van der Waals surface area contributed by atoms with Crippen LogP contribution in [-0.4, -0.2) is 0 Å². The second-order valence-electron chi connectivity index (χ2n) is 0. The molecule has 0 aromatic rings.